The number of benzene rings is 1. The lowest BCUT2D eigenvalue weighted by Crippen LogP contribution is -2.47. The van der Waals surface area contributed by atoms with Crippen molar-refractivity contribution in [2.75, 3.05) is 19.7 Å². The van der Waals surface area contributed by atoms with E-state index < -0.39 is 11.9 Å². The summed E-state index contributed by atoms with van der Waals surface area (Å²) in [6, 6.07) is 5.70. The SMILES string of the molecule is Cc1ccc(OCC(=O)N2CC(C)CC(C(=O)O)C2)cc1C. The first kappa shape index (κ1) is 16.3. The molecule has 1 fully saturated rings. The second-order valence-electron chi connectivity index (χ2n) is 6.21. The van der Waals surface area contributed by atoms with Crippen molar-refractivity contribution in [1.29, 1.82) is 0 Å². The molecule has 0 aliphatic carbocycles. The molecular formula is C17H23NO4. The highest BCUT2D eigenvalue weighted by atomic mass is 16.5. The number of nitrogens with zero attached hydrogens (tertiary/aromatic N) is 1. The van der Waals surface area contributed by atoms with E-state index in [4.69, 9.17) is 9.84 Å². The molecule has 0 radical (unpaired) electrons. The van der Waals surface area contributed by atoms with Crippen molar-refractivity contribution in [3.8, 4) is 5.75 Å². The van der Waals surface area contributed by atoms with E-state index in [1.807, 2.05) is 39.0 Å². The fourth-order valence-electron chi connectivity index (χ4n) is 2.77. The lowest BCUT2D eigenvalue weighted by atomic mass is 9.90. The van der Waals surface area contributed by atoms with Crippen LogP contribution in [0.1, 0.15) is 24.5 Å². The van der Waals surface area contributed by atoms with Crippen LogP contribution in [0.4, 0.5) is 0 Å². The molecule has 1 N–H and O–H groups in total. The first-order chi connectivity index (χ1) is 10.4. The van der Waals surface area contributed by atoms with Crippen LogP contribution in [0.15, 0.2) is 18.2 Å². The molecular weight excluding hydrogens is 282 g/mol. The van der Waals surface area contributed by atoms with E-state index >= 15 is 0 Å². The molecule has 5 nitrogen and oxygen atoms in total. The summed E-state index contributed by atoms with van der Waals surface area (Å²) in [5.41, 5.74) is 2.29. The zero-order valence-corrected chi connectivity index (χ0v) is 13.3. The summed E-state index contributed by atoms with van der Waals surface area (Å²) in [5, 5.41) is 9.15. The second kappa shape index (κ2) is 6.81. The van der Waals surface area contributed by atoms with Gasteiger partial charge in [0, 0.05) is 13.1 Å². The van der Waals surface area contributed by atoms with E-state index in [2.05, 4.69) is 0 Å². The highest BCUT2D eigenvalue weighted by Gasteiger charge is 2.31. The molecule has 0 saturated carbocycles. The number of hydrogen-bond donors (Lipinski definition) is 1. The smallest absolute Gasteiger partial charge is 0.308 e. The summed E-state index contributed by atoms with van der Waals surface area (Å²) in [7, 11) is 0. The van der Waals surface area contributed by atoms with Crippen LogP contribution in [0.25, 0.3) is 0 Å². The van der Waals surface area contributed by atoms with Crippen LogP contribution in [0.5, 0.6) is 5.75 Å². The monoisotopic (exact) mass is 305 g/mol. The summed E-state index contributed by atoms with van der Waals surface area (Å²) in [4.78, 5) is 25.0. The van der Waals surface area contributed by atoms with Gasteiger partial charge < -0.3 is 14.7 Å². The van der Waals surface area contributed by atoms with Gasteiger partial charge in [0.2, 0.25) is 0 Å². The number of aliphatic carboxylic acids is 1. The summed E-state index contributed by atoms with van der Waals surface area (Å²) in [5.74, 6) is -0.610. The van der Waals surface area contributed by atoms with Crippen molar-refractivity contribution < 1.29 is 19.4 Å². The quantitative estimate of drug-likeness (QED) is 0.926. The zero-order valence-electron chi connectivity index (χ0n) is 13.3. The molecule has 0 bridgehead atoms. The Morgan fingerprint density at radius 2 is 2.00 bits per heavy atom. The molecule has 1 aliphatic heterocycles. The number of amides is 1. The topological polar surface area (TPSA) is 66.8 Å². The van der Waals surface area contributed by atoms with Crippen LogP contribution in [0, 0.1) is 25.7 Å². The lowest BCUT2D eigenvalue weighted by Gasteiger charge is -2.34. The largest absolute Gasteiger partial charge is 0.484 e. The van der Waals surface area contributed by atoms with Gasteiger partial charge in [-0.05, 0) is 49.4 Å². The number of piperidine rings is 1. The van der Waals surface area contributed by atoms with Crippen molar-refractivity contribution in [3.63, 3.8) is 0 Å². The van der Waals surface area contributed by atoms with Gasteiger partial charge in [-0.3, -0.25) is 9.59 Å². The van der Waals surface area contributed by atoms with Gasteiger partial charge >= 0.3 is 5.97 Å². The molecule has 1 saturated heterocycles. The number of carbonyl (C=O) groups excluding carboxylic acids is 1. The van der Waals surface area contributed by atoms with E-state index in [-0.39, 0.29) is 25.0 Å². The van der Waals surface area contributed by atoms with Crippen LogP contribution in [-0.4, -0.2) is 41.6 Å². The molecule has 120 valence electrons. The van der Waals surface area contributed by atoms with Crippen molar-refractivity contribution >= 4 is 11.9 Å². The standard InChI is InChI=1S/C17H23NO4/c1-11-6-14(17(20)21)9-18(8-11)16(19)10-22-15-5-4-12(2)13(3)7-15/h4-5,7,11,14H,6,8-10H2,1-3H3,(H,20,21). The van der Waals surface area contributed by atoms with Gasteiger partial charge in [0.05, 0.1) is 5.92 Å². The molecule has 0 spiro atoms. The highest BCUT2D eigenvalue weighted by molar-refractivity contribution is 5.79. The Morgan fingerprint density at radius 1 is 1.27 bits per heavy atom. The molecule has 2 atom stereocenters. The van der Waals surface area contributed by atoms with Crippen molar-refractivity contribution in [3.05, 3.63) is 29.3 Å². The Kier molecular flexibility index (Phi) is 5.06. The molecule has 1 aromatic carbocycles. The maximum atomic E-state index is 12.2. The Balaban J connectivity index is 1.93. The van der Waals surface area contributed by atoms with Gasteiger partial charge in [0.15, 0.2) is 6.61 Å². The third-order valence-corrected chi connectivity index (χ3v) is 4.20. The maximum absolute atomic E-state index is 12.2. The molecule has 1 amide bonds. The van der Waals surface area contributed by atoms with Gasteiger partial charge in [-0.2, -0.15) is 0 Å². The fourth-order valence-corrected chi connectivity index (χ4v) is 2.77. The molecule has 1 heterocycles. The minimum atomic E-state index is -0.834. The normalized spacial score (nSPS) is 21.5. The predicted octanol–water partition coefficient (Wildman–Crippen LogP) is 2.25. The van der Waals surface area contributed by atoms with Crippen molar-refractivity contribution in [2.45, 2.75) is 27.2 Å². The summed E-state index contributed by atoms with van der Waals surface area (Å²) >= 11 is 0. The number of likely N-dealkylation sites (tertiary alicyclic amines) is 1. The van der Waals surface area contributed by atoms with Crippen molar-refractivity contribution in [1.82, 2.24) is 4.90 Å². The lowest BCUT2D eigenvalue weighted by molar-refractivity contribution is -0.147. The van der Waals surface area contributed by atoms with Crippen LogP contribution in [0.3, 0.4) is 0 Å². The molecule has 1 aliphatic rings. The summed E-state index contributed by atoms with van der Waals surface area (Å²) in [6.45, 7) is 6.80. The Bertz CT molecular complexity index is 570. The number of hydrogen-bond acceptors (Lipinski definition) is 3. The highest BCUT2D eigenvalue weighted by Crippen LogP contribution is 2.22. The number of carboxylic acid groups (broad SMARTS) is 1. The predicted molar refractivity (Wildman–Crippen MR) is 82.9 cm³/mol. The van der Waals surface area contributed by atoms with Gasteiger partial charge in [-0.25, -0.2) is 0 Å². The minimum Gasteiger partial charge on any atom is -0.484 e. The molecule has 2 unspecified atom stereocenters. The van der Waals surface area contributed by atoms with Crippen LogP contribution in [0.2, 0.25) is 0 Å². The van der Waals surface area contributed by atoms with E-state index in [0.717, 1.165) is 5.56 Å². The third-order valence-electron chi connectivity index (χ3n) is 4.20. The van der Waals surface area contributed by atoms with Gasteiger partial charge in [0.1, 0.15) is 5.75 Å². The van der Waals surface area contributed by atoms with Gasteiger partial charge in [-0.15, -0.1) is 0 Å². The maximum Gasteiger partial charge on any atom is 0.308 e. The number of rotatable bonds is 4. The van der Waals surface area contributed by atoms with Crippen LogP contribution < -0.4 is 4.74 Å². The average molecular weight is 305 g/mol. The van der Waals surface area contributed by atoms with Gasteiger partial charge in [-0.1, -0.05) is 13.0 Å². The minimum absolute atomic E-state index is 0.0540. The van der Waals surface area contributed by atoms with Crippen LogP contribution in [-0.2, 0) is 9.59 Å². The van der Waals surface area contributed by atoms with Crippen molar-refractivity contribution in [2.24, 2.45) is 11.8 Å². The summed E-state index contributed by atoms with van der Waals surface area (Å²) < 4.78 is 5.55. The Morgan fingerprint density at radius 3 is 2.64 bits per heavy atom. The van der Waals surface area contributed by atoms with E-state index in [9.17, 15) is 9.59 Å². The Labute approximate surface area is 130 Å². The zero-order chi connectivity index (χ0) is 16.3. The third kappa shape index (κ3) is 4.00. The first-order valence-corrected chi connectivity index (χ1v) is 7.57. The molecule has 0 aromatic heterocycles. The van der Waals surface area contributed by atoms with E-state index in [1.54, 1.807) is 4.90 Å². The average Bonchev–Trinajstić information content (AvgIpc) is 2.47. The number of ether oxygens (including phenoxy) is 1. The number of carbonyl (C=O) groups is 2. The first-order valence-electron chi connectivity index (χ1n) is 7.57. The molecule has 22 heavy (non-hydrogen) atoms. The number of carboxylic acids is 1. The molecule has 1 aromatic rings. The molecule has 5 heteroatoms. The second-order valence-corrected chi connectivity index (χ2v) is 6.21. The van der Waals surface area contributed by atoms with E-state index in [0.29, 0.717) is 18.7 Å². The number of aryl methyl sites for hydroxylation is 2. The van der Waals surface area contributed by atoms with Gasteiger partial charge in [0.25, 0.3) is 5.91 Å². The molecule has 2 rings (SSSR count). The summed E-state index contributed by atoms with van der Waals surface area (Å²) in [6.07, 6.45) is 0.622. The fraction of sp³-hybridized carbons (Fsp3) is 0.529. The Hall–Kier alpha value is -2.04. The van der Waals surface area contributed by atoms with Crippen LogP contribution >= 0.6 is 0 Å². The van der Waals surface area contributed by atoms with E-state index in [1.165, 1.54) is 5.56 Å².